The van der Waals surface area contributed by atoms with Crippen LogP contribution in [0.4, 0.5) is 0 Å². The lowest BCUT2D eigenvalue weighted by Gasteiger charge is -2.03. The highest BCUT2D eigenvalue weighted by Gasteiger charge is 2.05. The summed E-state index contributed by atoms with van der Waals surface area (Å²) in [5.41, 5.74) is 1.47. The van der Waals surface area contributed by atoms with Crippen molar-refractivity contribution in [2.75, 3.05) is 0 Å². The van der Waals surface area contributed by atoms with E-state index in [2.05, 4.69) is 0 Å². The minimum absolute atomic E-state index is 0.0711. The number of aryl methyl sites for hydroxylation is 1. The minimum atomic E-state index is -0.931. The summed E-state index contributed by atoms with van der Waals surface area (Å²) in [5.74, 6) is -0.860. The molecule has 1 aromatic rings. The molecule has 13 heavy (non-hydrogen) atoms. The molecule has 0 unspecified atom stereocenters. The quantitative estimate of drug-likeness (QED) is 0.742. The third-order valence-corrected chi connectivity index (χ3v) is 1.90. The second kappa shape index (κ2) is 3.94. The summed E-state index contributed by atoms with van der Waals surface area (Å²) >= 11 is 0. The van der Waals surface area contributed by atoms with E-state index in [0.29, 0.717) is 5.56 Å². The Bertz CT molecular complexity index is 318. The van der Waals surface area contributed by atoms with Crippen molar-refractivity contribution in [2.45, 2.75) is 19.8 Å². The topological polar surface area (TPSA) is 57.5 Å². The summed E-state index contributed by atoms with van der Waals surface area (Å²) in [4.78, 5) is 10.4. The molecule has 0 spiro atoms. The van der Waals surface area contributed by atoms with E-state index >= 15 is 0 Å². The van der Waals surface area contributed by atoms with Crippen LogP contribution in [0.5, 0.6) is 5.75 Å². The molecule has 0 heterocycles. The largest absolute Gasteiger partial charge is 0.508 e. The van der Waals surface area contributed by atoms with Gasteiger partial charge in [-0.3, -0.25) is 4.79 Å². The van der Waals surface area contributed by atoms with Crippen LogP contribution in [0.2, 0.25) is 0 Å². The van der Waals surface area contributed by atoms with Gasteiger partial charge < -0.3 is 10.2 Å². The van der Waals surface area contributed by atoms with Crippen LogP contribution in [0.1, 0.15) is 18.1 Å². The molecule has 1 aromatic carbocycles. The molecule has 3 heteroatoms. The molecule has 0 saturated carbocycles. The van der Waals surface area contributed by atoms with E-state index in [0.717, 1.165) is 12.0 Å². The lowest BCUT2D eigenvalue weighted by molar-refractivity contribution is -0.136. The summed E-state index contributed by atoms with van der Waals surface area (Å²) < 4.78 is 0. The van der Waals surface area contributed by atoms with Gasteiger partial charge in [0.1, 0.15) is 5.75 Å². The molecule has 0 fully saturated rings. The number of carboxylic acid groups (broad SMARTS) is 1. The molecular formula is C10H12O3. The molecule has 0 aliphatic rings. The minimum Gasteiger partial charge on any atom is -0.508 e. The van der Waals surface area contributed by atoms with Gasteiger partial charge >= 0.3 is 5.97 Å². The van der Waals surface area contributed by atoms with Crippen molar-refractivity contribution in [3.63, 3.8) is 0 Å². The van der Waals surface area contributed by atoms with E-state index in [9.17, 15) is 9.90 Å². The molecule has 1 rings (SSSR count). The van der Waals surface area contributed by atoms with Crippen molar-refractivity contribution in [3.05, 3.63) is 29.3 Å². The fraction of sp³-hybridized carbons (Fsp3) is 0.300. The van der Waals surface area contributed by atoms with Crippen molar-refractivity contribution in [3.8, 4) is 5.75 Å². The molecule has 0 saturated heterocycles. The van der Waals surface area contributed by atoms with Crippen LogP contribution in [0.25, 0.3) is 0 Å². The number of carbonyl (C=O) groups is 1. The van der Waals surface area contributed by atoms with Crippen molar-refractivity contribution < 1.29 is 15.0 Å². The average Bonchev–Trinajstić information content (AvgIpc) is 2.08. The summed E-state index contributed by atoms with van der Waals surface area (Å²) in [5, 5.41) is 17.9. The van der Waals surface area contributed by atoms with Crippen molar-refractivity contribution in [1.29, 1.82) is 0 Å². The zero-order valence-electron chi connectivity index (χ0n) is 7.45. The number of hydrogen-bond acceptors (Lipinski definition) is 2. The van der Waals surface area contributed by atoms with E-state index in [4.69, 9.17) is 5.11 Å². The highest BCUT2D eigenvalue weighted by molar-refractivity contribution is 5.71. The van der Waals surface area contributed by atoms with E-state index in [1.54, 1.807) is 12.1 Å². The molecule has 0 aromatic heterocycles. The number of phenolic OH excluding ortho intramolecular Hbond substituents is 1. The first-order valence-corrected chi connectivity index (χ1v) is 4.16. The van der Waals surface area contributed by atoms with Crippen molar-refractivity contribution in [2.24, 2.45) is 0 Å². The predicted octanol–water partition coefficient (Wildman–Crippen LogP) is 1.58. The Labute approximate surface area is 76.6 Å². The Morgan fingerprint density at radius 2 is 2.15 bits per heavy atom. The summed E-state index contributed by atoms with van der Waals surface area (Å²) in [6.07, 6.45) is 0.705. The van der Waals surface area contributed by atoms with E-state index in [1.165, 1.54) is 0 Å². The van der Waals surface area contributed by atoms with Crippen molar-refractivity contribution in [1.82, 2.24) is 0 Å². The van der Waals surface area contributed by atoms with Gasteiger partial charge in [-0.2, -0.15) is 0 Å². The third kappa shape index (κ3) is 2.47. The Kier molecular flexibility index (Phi) is 2.90. The van der Waals surface area contributed by atoms with Crippen LogP contribution in [-0.2, 0) is 17.6 Å². The summed E-state index contributed by atoms with van der Waals surface area (Å²) in [6.45, 7) is 1.98. The zero-order valence-corrected chi connectivity index (χ0v) is 7.45. The molecule has 0 aliphatic carbocycles. The number of aliphatic carboxylic acids is 1. The van der Waals surface area contributed by atoms with Gasteiger partial charge in [0, 0.05) is 5.56 Å². The lowest BCUT2D eigenvalue weighted by atomic mass is 10.1. The fourth-order valence-electron chi connectivity index (χ4n) is 1.14. The fourth-order valence-corrected chi connectivity index (χ4v) is 1.14. The molecule has 0 bridgehead atoms. The first-order chi connectivity index (χ1) is 6.13. The van der Waals surface area contributed by atoms with Crippen LogP contribution < -0.4 is 0 Å². The second-order valence-electron chi connectivity index (χ2n) is 2.89. The van der Waals surface area contributed by atoms with Gasteiger partial charge in [0.05, 0.1) is 6.42 Å². The highest BCUT2D eigenvalue weighted by atomic mass is 16.4. The van der Waals surface area contributed by atoms with Crippen LogP contribution in [0.3, 0.4) is 0 Å². The molecular weight excluding hydrogens is 168 g/mol. The van der Waals surface area contributed by atoms with E-state index in [1.807, 2.05) is 13.0 Å². The number of hydrogen-bond donors (Lipinski definition) is 2. The standard InChI is InChI=1S/C10H12O3/c1-2-7-3-4-8(6-10(12)13)9(11)5-7/h3-5,11H,2,6H2,1H3,(H,12,13). The first kappa shape index (κ1) is 9.58. The van der Waals surface area contributed by atoms with Gasteiger partial charge in [0.25, 0.3) is 0 Å². The van der Waals surface area contributed by atoms with Gasteiger partial charge in [0.15, 0.2) is 0 Å². The molecule has 2 N–H and O–H groups in total. The Morgan fingerprint density at radius 3 is 2.62 bits per heavy atom. The van der Waals surface area contributed by atoms with Gasteiger partial charge in [0.2, 0.25) is 0 Å². The lowest BCUT2D eigenvalue weighted by Crippen LogP contribution is -2.00. The first-order valence-electron chi connectivity index (χ1n) is 4.16. The molecule has 0 aliphatic heterocycles. The number of aromatic hydroxyl groups is 1. The summed E-state index contributed by atoms with van der Waals surface area (Å²) in [6, 6.07) is 5.10. The number of phenols is 1. The maximum absolute atomic E-state index is 10.4. The smallest absolute Gasteiger partial charge is 0.307 e. The number of benzene rings is 1. The average molecular weight is 180 g/mol. The Morgan fingerprint density at radius 1 is 1.46 bits per heavy atom. The maximum Gasteiger partial charge on any atom is 0.307 e. The number of carboxylic acids is 1. The highest BCUT2D eigenvalue weighted by Crippen LogP contribution is 2.19. The number of rotatable bonds is 3. The van der Waals surface area contributed by atoms with Gasteiger partial charge in [-0.1, -0.05) is 19.1 Å². The third-order valence-electron chi connectivity index (χ3n) is 1.90. The monoisotopic (exact) mass is 180 g/mol. The SMILES string of the molecule is CCc1ccc(CC(=O)O)c(O)c1. The predicted molar refractivity (Wildman–Crippen MR) is 48.8 cm³/mol. The Balaban J connectivity index is 2.91. The normalized spacial score (nSPS) is 9.92. The Hall–Kier alpha value is -1.51. The molecule has 3 nitrogen and oxygen atoms in total. The van der Waals surface area contributed by atoms with Gasteiger partial charge in [-0.05, 0) is 18.1 Å². The van der Waals surface area contributed by atoms with Gasteiger partial charge in [-0.15, -0.1) is 0 Å². The molecule has 0 radical (unpaired) electrons. The summed E-state index contributed by atoms with van der Waals surface area (Å²) in [7, 11) is 0. The zero-order chi connectivity index (χ0) is 9.84. The van der Waals surface area contributed by atoms with E-state index in [-0.39, 0.29) is 12.2 Å². The second-order valence-corrected chi connectivity index (χ2v) is 2.89. The van der Waals surface area contributed by atoms with Crippen LogP contribution in [0, 0.1) is 0 Å². The maximum atomic E-state index is 10.4. The van der Waals surface area contributed by atoms with Crippen LogP contribution >= 0.6 is 0 Å². The molecule has 0 amide bonds. The van der Waals surface area contributed by atoms with Gasteiger partial charge in [-0.25, -0.2) is 0 Å². The van der Waals surface area contributed by atoms with Crippen LogP contribution in [-0.4, -0.2) is 16.2 Å². The van der Waals surface area contributed by atoms with Crippen molar-refractivity contribution >= 4 is 5.97 Å². The molecule has 70 valence electrons. The molecule has 0 atom stereocenters. The van der Waals surface area contributed by atoms with E-state index < -0.39 is 5.97 Å². The van der Waals surface area contributed by atoms with Crippen LogP contribution in [0.15, 0.2) is 18.2 Å².